The molecule has 1 aromatic carbocycles. The van der Waals surface area contributed by atoms with Crippen molar-refractivity contribution in [2.45, 2.75) is 70.8 Å². The van der Waals surface area contributed by atoms with Crippen molar-refractivity contribution in [1.82, 2.24) is 5.32 Å². The van der Waals surface area contributed by atoms with E-state index in [1.165, 1.54) is 63.4 Å². The zero-order valence-electron chi connectivity index (χ0n) is 12.7. The van der Waals surface area contributed by atoms with Crippen LogP contribution in [-0.2, 0) is 19.3 Å². The minimum Gasteiger partial charge on any atom is -0.317 e. The van der Waals surface area contributed by atoms with Crippen LogP contribution in [0.3, 0.4) is 0 Å². The number of fused-ring (bicyclic) bond motifs is 1. The number of aryl methyl sites for hydroxylation is 2. The molecule has 0 radical (unpaired) electrons. The van der Waals surface area contributed by atoms with Gasteiger partial charge in [-0.2, -0.15) is 0 Å². The minimum atomic E-state index is 0.649. The smallest absolute Gasteiger partial charge is 0.0104 e. The van der Waals surface area contributed by atoms with Crippen molar-refractivity contribution in [2.75, 3.05) is 7.05 Å². The predicted octanol–water partition coefficient (Wildman–Crippen LogP) is 4.28. The first-order valence-corrected chi connectivity index (χ1v) is 8.11. The molecule has 1 aliphatic carbocycles. The number of rotatable bonds is 8. The SMILES string of the molecule is CCCCCCC(Cc1ccc2c(c1)CCC2)NC. The van der Waals surface area contributed by atoms with E-state index < -0.39 is 0 Å². The molecule has 0 aromatic heterocycles. The molecule has 0 saturated heterocycles. The molecular weight excluding hydrogens is 230 g/mol. The van der Waals surface area contributed by atoms with Crippen molar-refractivity contribution in [3.05, 3.63) is 34.9 Å². The van der Waals surface area contributed by atoms with Crippen LogP contribution in [0, 0.1) is 0 Å². The fraction of sp³-hybridized carbons (Fsp3) is 0.667. The van der Waals surface area contributed by atoms with Crippen molar-refractivity contribution in [2.24, 2.45) is 0 Å². The molecule has 0 amide bonds. The van der Waals surface area contributed by atoms with Crippen molar-refractivity contribution in [3.63, 3.8) is 0 Å². The molecule has 1 aliphatic rings. The lowest BCUT2D eigenvalue weighted by atomic mass is 9.97. The quantitative estimate of drug-likeness (QED) is 0.687. The number of hydrogen-bond acceptors (Lipinski definition) is 1. The average molecular weight is 259 g/mol. The third kappa shape index (κ3) is 4.35. The lowest BCUT2D eigenvalue weighted by molar-refractivity contribution is 0.485. The molecule has 0 bridgehead atoms. The Hall–Kier alpha value is -0.820. The van der Waals surface area contributed by atoms with Gasteiger partial charge < -0.3 is 5.32 Å². The summed E-state index contributed by atoms with van der Waals surface area (Å²) >= 11 is 0. The zero-order chi connectivity index (χ0) is 13.5. The summed E-state index contributed by atoms with van der Waals surface area (Å²) in [7, 11) is 2.11. The van der Waals surface area contributed by atoms with Gasteiger partial charge in [0.1, 0.15) is 0 Å². The molecule has 1 nitrogen and oxygen atoms in total. The molecule has 1 N–H and O–H groups in total. The maximum Gasteiger partial charge on any atom is 0.0104 e. The summed E-state index contributed by atoms with van der Waals surface area (Å²) in [6.45, 7) is 2.28. The Kier molecular flexibility index (Phi) is 5.91. The molecule has 106 valence electrons. The molecule has 19 heavy (non-hydrogen) atoms. The Morgan fingerprint density at radius 3 is 2.74 bits per heavy atom. The molecule has 0 spiro atoms. The Morgan fingerprint density at radius 1 is 1.11 bits per heavy atom. The second-order valence-electron chi connectivity index (χ2n) is 6.00. The Labute approximate surface area is 118 Å². The van der Waals surface area contributed by atoms with Crippen LogP contribution in [0.2, 0.25) is 0 Å². The van der Waals surface area contributed by atoms with Crippen molar-refractivity contribution in [3.8, 4) is 0 Å². The number of hydrogen-bond donors (Lipinski definition) is 1. The first-order valence-electron chi connectivity index (χ1n) is 8.11. The van der Waals surface area contributed by atoms with E-state index in [1.54, 1.807) is 11.1 Å². The van der Waals surface area contributed by atoms with Crippen LogP contribution in [0.25, 0.3) is 0 Å². The molecular formula is C18H29N. The molecule has 0 saturated carbocycles. The highest BCUT2D eigenvalue weighted by Gasteiger charge is 2.12. The second-order valence-corrected chi connectivity index (χ2v) is 6.00. The largest absolute Gasteiger partial charge is 0.317 e. The summed E-state index contributed by atoms with van der Waals surface area (Å²) in [6.07, 6.45) is 11.9. The van der Waals surface area contributed by atoms with Crippen molar-refractivity contribution >= 4 is 0 Å². The first-order chi connectivity index (χ1) is 9.33. The number of benzene rings is 1. The van der Waals surface area contributed by atoms with Gasteiger partial charge in [-0.15, -0.1) is 0 Å². The van der Waals surface area contributed by atoms with E-state index >= 15 is 0 Å². The highest BCUT2D eigenvalue weighted by Crippen LogP contribution is 2.23. The number of likely N-dealkylation sites (N-methyl/N-ethyl adjacent to an activating group) is 1. The molecule has 1 atom stereocenters. The maximum absolute atomic E-state index is 3.50. The van der Waals surface area contributed by atoms with Crippen LogP contribution >= 0.6 is 0 Å². The zero-order valence-corrected chi connectivity index (χ0v) is 12.7. The summed E-state index contributed by atoms with van der Waals surface area (Å²) in [5.74, 6) is 0. The maximum atomic E-state index is 3.50. The fourth-order valence-electron chi connectivity index (χ4n) is 3.20. The molecule has 2 rings (SSSR count). The van der Waals surface area contributed by atoms with Gasteiger partial charge >= 0.3 is 0 Å². The van der Waals surface area contributed by atoms with Crippen molar-refractivity contribution < 1.29 is 0 Å². The molecule has 0 heterocycles. The molecule has 0 fully saturated rings. The van der Waals surface area contributed by atoms with Gasteiger partial charge in [0, 0.05) is 6.04 Å². The van der Waals surface area contributed by atoms with Crippen LogP contribution in [0.4, 0.5) is 0 Å². The van der Waals surface area contributed by atoms with Crippen LogP contribution in [0.15, 0.2) is 18.2 Å². The average Bonchev–Trinajstić information content (AvgIpc) is 2.89. The van der Waals surface area contributed by atoms with Gasteiger partial charge in [0.05, 0.1) is 0 Å². The van der Waals surface area contributed by atoms with Gasteiger partial charge in [-0.1, -0.05) is 50.8 Å². The van der Waals surface area contributed by atoms with Crippen LogP contribution < -0.4 is 5.32 Å². The lowest BCUT2D eigenvalue weighted by Gasteiger charge is -2.16. The van der Waals surface area contributed by atoms with Gasteiger partial charge in [0.15, 0.2) is 0 Å². The third-order valence-corrected chi connectivity index (χ3v) is 4.46. The highest BCUT2D eigenvalue weighted by molar-refractivity contribution is 5.35. The van der Waals surface area contributed by atoms with Crippen LogP contribution in [0.1, 0.15) is 62.1 Å². The Bertz CT molecular complexity index is 383. The normalized spacial score (nSPS) is 15.5. The number of unbranched alkanes of at least 4 members (excludes halogenated alkanes) is 3. The van der Waals surface area contributed by atoms with E-state index in [1.807, 2.05) is 0 Å². The lowest BCUT2D eigenvalue weighted by Crippen LogP contribution is -2.27. The van der Waals surface area contributed by atoms with E-state index in [0.29, 0.717) is 6.04 Å². The van der Waals surface area contributed by atoms with E-state index in [4.69, 9.17) is 0 Å². The van der Waals surface area contributed by atoms with E-state index in [9.17, 15) is 0 Å². The van der Waals surface area contributed by atoms with Gasteiger partial charge in [0.2, 0.25) is 0 Å². The summed E-state index contributed by atoms with van der Waals surface area (Å²) < 4.78 is 0. The first kappa shape index (κ1) is 14.6. The summed E-state index contributed by atoms with van der Waals surface area (Å²) in [5.41, 5.74) is 4.72. The monoisotopic (exact) mass is 259 g/mol. The van der Waals surface area contributed by atoms with Crippen molar-refractivity contribution in [1.29, 1.82) is 0 Å². The van der Waals surface area contributed by atoms with Gasteiger partial charge in [0.25, 0.3) is 0 Å². The predicted molar refractivity (Wildman–Crippen MR) is 83.8 cm³/mol. The third-order valence-electron chi connectivity index (χ3n) is 4.46. The second kappa shape index (κ2) is 7.69. The van der Waals surface area contributed by atoms with Gasteiger partial charge in [-0.3, -0.25) is 0 Å². The fourth-order valence-corrected chi connectivity index (χ4v) is 3.20. The molecule has 1 aromatic rings. The van der Waals surface area contributed by atoms with E-state index in [0.717, 1.165) is 0 Å². The van der Waals surface area contributed by atoms with Crippen LogP contribution in [0.5, 0.6) is 0 Å². The molecule has 1 heteroatoms. The highest BCUT2D eigenvalue weighted by atomic mass is 14.9. The topological polar surface area (TPSA) is 12.0 Å². The Morgan fingerprint density at radius 2 is 1.95 bits per heavy atom. The minimum absolute atomic E-state index is 0.649. The standard InChI is InChI=1S/C18H29N/c1-3-4-5-6-10-18(19-2)14-15-11-12-16-8-7-9-17(16)13-15/h11-13,18-19H,3-10,14H2,1-2H3. The van der Waals surface area contributed by atoms with E-state index in [-0.39, 0.29) is 0 Å². The summed E-state index contributed by atoms with van der Waals surface area (Å²) in [4.78, 5) is 0. The molecule has 0 aliphatic heterocycles. The Balaban J connectivity index is 1.84. The number of nitrogens with one attached hydrogen (secondary N) is 1. The summed E-state index contributed by atoms with van der Waals surface area (Å²) in [6, 6.07) is 7.82. The van der Waals surface area contributed by atoms with Gasteiger partial charge in [-0.25, -0.2) is 0 Å². The van der Waals surface area contributed by atoms with Crippen LogP contribution in [-0.4, -0.2) is 13.1 Å². The molecule has 1 unspecified atom stereocenters. The van der Waals surface area contributed by atoms with Gasteiger partial charge in [-0.05, 0) is 55.8 Å². The van der Waals surface area contributed by atoms with E-state index in [2.05, 4.69) is 37.5 Å². The summed E-state index contributed by atoms with van der Waals surface area (Å²) in [5, 5.41) is 3.50.